The monoisotopic (exact) mass is 591 g/mol. The van der Waals surface area contributed by atoms with Gasteiger partial charge in [-0.1, -0.05) is 60.1 Å². The summed E-state index contributed by atoms with van der Waals surface area (Å²) in [5.74, 6) is -1.76. The molecule has 1 unspecified atom stereocenters. The number of hydrogen-bond donors (Lipinski definition) is 1. The highest BCUT2D eigenvalue weighted by molar-refractivity contribution is 7.92. The molecule has 1 atom stereocenters. The average Bonchev–Trinajstić information content (AvgIpc) is 2.83. The minimum atomic E-state index is -3.98. The highest BCUT2D eigenvalue weighted by atomic mass is 35.5. The summed E-state index contributed by atoms with van der Waals surface area (Å²) < 4.78 is 39.8. The summed E-state index contributed by atoms with van der Waals surface area (Å²) in [7, 11) is -3.98. The summed E-state index contributed by atoms with van der Waals surface area (Å²) in [6.07, 6.45) is 5.78. The Balaban J connectivity index is 1.93. The van der Waals surface area contributed by atoms with E-state index in [1.54, 1.807) is 25.1 Å². The van der Waals surface area contributed by atoms with Gasteiger partial charge in [0.25, 0.3) is 0 Å². The number of nitrogens with one attached hydrogen (secondary N) is 1. The van der Waals surface area contributed by atoms with Crippen LogP contribution in [-0.4, -0.2) is 50.0 Å². The maximum atomic E-state index is 13.7. The molecule has 202 valence electrons. The highest BCUT2D eigenvalue weighted by Gasteiger charge is 2.32. The van der Waals surface area contributed by atoms with Crippen LogP contribution in [0.15, 0.2) is 36.4 Å². The van der Waals surface area contributed by atoms with Crippen LogP contribution in [0.4, 0.5) is 10.1 Å². The van der Waals surface area contributed by atoms with Gasteiger partial charge >= 0.3 is 0 Å². The molecule has 1 saturated carbocycles. The van der Waals surface area contributed by atoms with Crippen LogP contribution >= 0.6 is 34.8 Å². The molecule has 0 spiro atoms. The number of hydrogen-bond acceptors (Lipinski definition) is 4. The van der Waals surface area contributed by atoms with E-state index >= 15 is 0 Å². The predicted molar refractivity (Wildman–Crippen MR) is 145 cm³/mol. The molecule has 2 aromatic rings. The minimum absolute atomic E-state index is 0.0114. The van der Waals surface area contributed by atoms with Gasteiger partial charge in [0.1, 0.15) is 18.4 Å². The first-order valence-corrected chi connectivity index (χ1v) is 14.8. The van der Waals surface area contributed by atoms with Crippen molar-refractivity contribution in [1.29, 1.82) is 0 Å². The zero-order valence-corrected chi connectivity index (χ0v) is 23.6. The van der Waals surface area contributed by atoms with Crippen molar-refractivity contribution in [1.82, 2.24) is 10.2 Å². The van der Waals surface area contributed by atoms with Gasteiger partial charge in [0, 0.05) is 28.2 Å². The van der Waals surface area contributed by atoms with Crippen LogP contribution in [0.1, 0.15) is 44.6 Å². The molecule has 0 aromatic heterocycles. The van der Waals surface area contributed by atoms with E-state index in [0.29, 0.717) is 15.6 Å². The average molecular weight is 593 g/mol. The van der Waals surface area contributed by atoms with Crippen LogP contribution < -0.4 is 9.62 Å². The number of sulfonamides is 1. The Bertz CT molecular complexity index is 1240. The largest absolute Gasteiger partial charge is 0.352 e. The maximum Gasteiger partial charge on any atom is 0.244 e. The van der Waals surface area contributed by atoms with Crippen molar-refractivity contribution < 1.29 is 22.4 Å². The van der Waals surface area contributed by atoms with Crippen molar-refractivity contribution in [2.24, 2.45) is 0 Å². The molecular formula is C25H29Cl3FN3O4S. The normalized spacial score (nSPS) is 15.2. The Morgan fingerprint density at radius 1 is 1.05 bits per heavy atom. The third kappa shape index (κ3) is 7.72. The summed E-state index contributed by atoms with van der Waals surface area (Å²) in [5, 5.41) is 3.32. The van der Waals surface area contributed by atoms with E-state index in [9.17, 15) is 22.4 Å². The third-order valence-corrected chi connectivity index (χ3v) is 8.52. The lowest BCUT2D eigenvalue weighted by molar-refractivity contribution is -0.139. The molecule has 2 amide bonds. The summed E-state index contributed by atoms with van der Waals surface area (Å²) in [5.41, 5.74) is 0.435. The van der Waals surface area contributed by atoms with Crippen molar-refractivity contribution in [3.05, 3.63) is 62.8 Å². The van der Waals surface area contributed by atoms with Crippen LogP contribution in [0.25, 0.3) is 0 Å². The zero-order valence-electron chi connectivity index (χ0n) is 20.5. The van der Waals surface area contributed by atoms with Gasteiger partial charge in [0.2, 0.25) is 21.8 Å². The van der Waals surface area contributed by atoms with Gasteiger partial charge in [-0.3, -0.25) is 13.9 Å². The van der Waals surface area contributed by atoms with Gasteiger partial charge in [-0.25, -0.2) is 12.8 Å². The van der Waals surface area contributed by atoms with Crippen molar-refractivity contribution in [2.45, 2.75) is 57.7 Å². The molecule has 12 heteroatoms. The second-order valence-electron chi connectivity index (χ2n) is 9.11. The molecule has 0 bridgehead atoms. The summed E-state index contributed by atoms with van der Waals surface area (Å²) in [4.78, 5) is 28.1. The number of benzene rings is 2. The molecular weight excluding hydrogens is 564 g/mol. The number of amides is 2. The lowest BCUT2D eigenvalue weighted by atomic mass is 9.95. The van der Waals surface area contributed by atoms with Crippen LogP contribution in [0, 0.1) is 5.82 Å². The maximum absolute atomic E-state index is 13.7. The smallest absolute Gasteiger partial charge is 0.244 e. The number of carbonyl (C=O) groups is 2. The van der Waals surface area contributed by atoms with E-state index < -0.39 is 34.3 Å². The molecule has 3 rings (SSSR count). The second-order valence-corrected chi connectivity index (χ2v) is 12.2. The summed E-state index contributed by atoms with van der Waals surface area (Å²) in [6.45, 7) is 0.794. The van der Waals surface area contributed by atoms with Crippen molar-refractivity contribution in [2.75, 3.05) is 17.1 Å². The lowest BCUT2D eigenvalue weighted by Crippen LogP contribution is -2.53. The van der Waals surface area contributed by atoms with Gasteiger partial charge in [-0.05, 0) is 50.1 Å². The Morgan fingerprint density at radius 2 is 1.68 bits per heavy atom. The number of halogens is 4. The Hall–Kier alpha value is -2.07. The first-order chi connectivity index (χ1) is 17.4. The molecule has 0 radical (unpaired) electrons. The predicted octanol–water partition coefficient (Wildman–Crippen LogP) is 5.42. The Morgan fingerprint density at radius 3 is 2.24 bits per heavy atom. The summed E-state index contributed by atoms with van der Waals surface area (Å²) >= 11 is 18.6. The summed E-state index contributed by atoms with van der Waals surface area (Å²) in [6, 6.07) is 7.29. The number of anilines is 1. The topological polar surface area (TPSA) is 86.8 Å². The Labute approximate surface area is 231 Å². The molecule has 1 aliphatic carbocycles. The Kier molecular flexibility index (Phi) is 10.1. The van der Waals surface area contributed by atoms with E-state index in [1.807, 2.05) is 0 Å². The molecule has 37 heavy (non-hydrogen) atoms. The number of nitrogens with zero attached hydrogens (tertiary/aromatic N) is 2. The number of carbonyl (C=O) groups excluding carboxylic acids is 2. The van der Waals surface area contributed by atoms with E-state index in [2.05, 4.69) is 5.32 Å². The van der Waals surface area contributed by atoms with Gasteiger partial charge < -0.3 is 10.2 Å². The third-order valence-electron chi connectivity index (χ3n) is 6.38. The van der Waals surface area contributed by atoms with Crippen LogP contribution in [0.2, 0.25) is 15.1 Å². The molecule has 2 aromatic carbocycles. The van der Waals surface area contributed by atoms with Gasteiger partial charge in [-0.15, -0.1) is 0 Å². The number of rotatable bonds is 9. The van der Waals surface area contributed by atoms with E-state index in [0.717, 1.165) is 54.8 Å². The SMILES string of the molecule is CC(C(=O)NC1CCCCC1)N(Cc1c(Cl)cccc1Cl)C(=O)CN(c1ccc(F)c(Cl)c1)S(C)(=O)=O. The fourth-order valence-corrected chi connectivity index (χ4v) is 5.79. The lowest BCUT2D eigenvalue weighted by Gasteiger charge is -2.33. The molecule has 1 aliphatic rings. The van der Waals surface area contributed by atoms with Gasteiger partial charge in [0.15, 0.2) is 0 Å². The minimum Gasteiger partial charge on any atom is -0.352 e. The molecule has 1 N–H and O–H groups in total. The van der Waals surface area contributed by atoms with Crippen molar-refractivity contribution in [3.63, 3.8) is 0 Å². The van der Waals surface area contributed by atoms with Crippen LogP contribution in [-0.2, 0) is 26.2 Å². The fourth-order valence-electron chi connectivity index (χ4n) is 4.26. The van der Waals surface area contributed by atoms with Crippen LogP contribution in [0.5, 0.6) is 0 Å². The fraction of sp³-hybridized carbons (Fsp3) is 0.440. The molecule has 0 heterocycles. The quantitative estimate of drug-likeness (QED) is 0.421. The van der Waals surface area contributed by atoms with Crippen molar-refractivity contribution >= 4 is 62.3 Å². The standard InChI is InChI=1S/C25H29Cl3FN3O4S/c1-16(25(34)30-17-7-4-3-5-8-17)31(14-19-20(26)9-6-10-21(19)27)24(33)15-32(37(2,35)36)18-11-12-23(29)22(28)13-18/h6,9-13,16-17H,3-5,7-8,14-15H2,1-2H3,(H,30,34). The van der Waals surface area contributed by atoms with E-state index in [4.69, 9.17) is 34.8 Å². The molecule has 0 aliphatic heterocycles. The van der Waals surface area contributed by atoms with Gasteiger partial charge in [0.05, 0.1) is 17.0 Å². The molecule has 0 saturated heterocycles. The van der Waals surface area contributed by atoms with E-state index in [1.165, 1.54) is 11.0 Å². The second kappa shape index (κ2) is 12.7. The highest BCUT2D eigenvalue weighted by Crippen LogP contribution is 2.28. The van der Waals surface area contributed by atoms with Gasteiger partial charge in [-0.2, -0.15) is 0 Å². The van der Waals surface area contributed by atoms with E-state index in [-0.39, 0.29) is 29.2 Å². The molecule has 7 nitrogen and oxygen atoms in total. The first kappa shape index (κ1) is 29.5. The zero-order chi connectivity index (χ0) is 27.3. The molecule has 1 fully saturated rings. The van der Waals surface area contributed by atoms with Crippen LogP contribution in [0.3, 0.4) is 0 Å². The van der Waals surface area contributed by atoms with Crippen molar-refractivity contribution in [3.8, 4) is 0 Å². The first-order valence-electron chi connectivity index (χ1n) is 11.8.